The van der Waals surface area contributed by atoms with Gasteiger partial charge >= 0.3 is 0 Å². The molecule has 0 unspecified atom stereocenters. The van der Waals surface area contributed by atoms with Gasteiger partial charge in [0.15, 0.2) is 0 Å². The first-order valence-corrected chi connectivity index (χ1v) is 8.75. The maximum atomic E-state index is 5.86. The molecule has 1 aliphatic rings. The third kappa shape index (κ3) is 3.17. The molecule has 0 saturated carbocycles. The topological polar surface area (TPSA) is 3.24 Å². The number of likely N-dealkylation sites (tertiary alicyclic amines) is 1. The summed E-state index contributed by atoms with van der Waals surface area (Å²) >= 11 is 5.86. The molecule has 1 fully saturated rings. The Morgan fingerprint density at radius 3 is 2.45 bits per heavy atom. The van der Waals surface area contributed by atoms with Gasteiger partial charge in [-0.2, -0.15) is 0 Å². The highest BCUT2D eigenvalue weighted by Crippen LogP contribution is 2.30. The van der Waals surface area contributed by atoms with Gasteiger partial charge in [-0.05, 0) is 42.0 Å². The van der Waals surface area contributed by atoms with Crippen LogP contribution in [0.3, 0.4) is 0 Å². The molecule has 1 saturated heterocycles. The Morgan fingerprint density at radius 2 is 1.68 bits per heavy atom. The van der Waals surface area contributed by atoms with Crippen molar-refractivity contribution in [2.75, 3.05) is 13.1 Å². The molecular formula is C20H25NS. The molecule has 1 aliphatic heterocycles. The minimum absolute atomic E-state index is 0.0246. The fourth-order valence-corrected chi connectivity index (χ4v) is 3.78. The lowest BCUT2D eigenvalue weighted by Gasteiger charge is -2.37. The Balaban J connectivity index is 1.84. The van der Waals surface area contributed by atoms with Gasteiger partial charge in [0.05, 0.1) is 4.99 Å². The summed E-state index contributed by atoms with van der Waals surface area (Å²) in [6.07, 6.45) is 4.92. The zero-order chi connectivity index (χ0) is 15.6. The second-order valence-corrected chi connectivity index (χ2v) is 7.44. The summed E-state index contributed by atoms with van der Waals surface area (Å²) in [5.74, 6) is 0. The summed E-state index contributed by atoms with van der Waals surface area (Å²) in [6.45, 7) is 6.87. The highest BCUT2D eigenvalue weighted by molar-refractivity contribution is 7.80. The van der Waals surface area contributed by atoms with E-state index in [0.29, 0.717) is 0 Å². The van der Waals surface area contributed by atoms with E-state index in [4.69, 9.17) is 12.2 Å². The number of fused-ring (bicyclic) bond motifs is 1. The van der Waals surface area contributed by atoms with Crippen molar-refractivity contribution >= 4 is 28.0 Å². The molecule has 3 rings (SSSR count). The van der Waals surface area contributed by atoms with Crippen LogP contribution in [0.2, 0.25) is 0 Å². The van der Waals surface area contributed by atoms with E-state index < -0.39 is 0 Å². The van der Waals surface area contributed by atoms with Gasteiger partial charge in [0.2, 0.25) is 0 Å². The predicted octanol–water partition coefficient (Wildman–Crippen LogP) is 5.22. The molecule has 0 amide bonds. The summed E-state index contributed by atoms with van der Waals surface area (Å²) in [5, 5.41) is 2.68. The molecule has 0 radical (unpaired) electrons. The molecule has 22 heavy (non-hydrogen) atoms. The number of nitrogens with zero attached hydrogens (tertiary/aromatic N) is 1. The Hall–Kier alpha value is -1.41. The van der Waals surface area contributed by atoms with E-state index in [0.717, 1.165) is 24.5 Å². The Bertz CT molecular complexity index is 663. The van der Waals surface area contributed by atoms with E-state index in [1.165, 1.54) is 35.6 Å². The first-order valence-electron chi connectivity index (χ1n) is 8.34. The summed E-state index contributed by atoms with van der Waals surface area (Å²) in [7, 11) is 0. The summed E-state index contributed by atoms with van der Waals surface area (Å²) < 4.78 is 0. The van der Waals surface area contributed by atoms with Crippen LogP contribution in [0, 0.1) is 5.41 Å². The van der Waals surface area contributed by atoms with Gasteiger partial charge in [0.1, 0.15) is 0 Å². The predicted molar refractivity (Wildman–Crippen MR) is 99.5 cm³/mol. The van der Waals surface area contributed by atoms with Crippen LogP contribution in [0.25, 0.3) is 10.8 Å². The van der Waals surface area contributed by atoms with Gasteiger partial charge in [0.25, 0.3) is 0 Å². The summed E-state index contributed by atoms with van der Waals surface area (Å²) in [6, 6.07) is 15.3. The highest BCUT2D eigenvalue weighted by Gasteiger charge is 2.29. The average Bonchev–Trinajstić information content (AvgIpc) is 2.55. The molecule has 116 valence electrons. The van der Waals surface area contributed by atoms with Crippen LogP contribution in [0.5, 0.6) is 0 Å². The van der Waals surface area contributed by atoms with E-state index in [1.807, 2.05) is 0 Å². The molecule has 0 aliphatic carbocycles. The number of hydrogen-bond acceptors (Lipinski definition) is 1. The van der Waals surface area contributed by atoms with Crippen LogP contribution >= 0.6 is 12.2 Å². The molecule has 0 atom stereocenters. The second kappa shape index (κ2) is 6.37. The quantitative estimate of drug-likeness (QED) is 0.715. The van der Waals surface area contributed by atoms with Gasteiger partial charge in [-0.25, -0.2) is 0 Å². The fraction of sp³-hybridized carbons (Fsp3) is 0.450. The molecule has 1 heterocycles. The molecule has 0 spiro atoms. The lowest BCUT2D eigenvalue weighted by molar-refractivity contribution is 0.313. The minimum atomic E-state index is 0.0246. The van der Waals surface area contributed by atoms with Gasteiger partial charge in [-0.15, -0.1) is 0 Å². The van der Waals surface area contributed by atoms with Crippen LogP contribution in [0.15, 0.2) is 42.5 Å². The van der Waals surface area contributed by atoms with Gasteiger partial charge in [0, 0.05) is 18.5 Å². The maximum Gasteiger partial charge on any atom is 0.0839 e. The molecule has 2 aromatic rings. The molecule has 0 aromatic heterocycles. The van der Waals surface area contributed by atoms with Crippen LogP contribution < -0.4 is 0 Å². The molecule has 2 heteroatoms. The van der Waals surface area contributed by atoms with Crippen LogP contribution in [-0.4, -0.2) is 23.0 Å². The standard InChI is InChI=1S/C20H25NS/c1-20(2,19(22)21-13-6-3-7-14-21)15-17-11-8-10-16-9-4-5-12-18(16)17/h4-5,8-12H,3,6-7,13-15H2,1-2H3. The van der Waals surface area contributed by atoms with E-state index in [9.17, 15) is 0 Å². The van der Waals surface area contributed by atoms with Crippen molar-refractivity contribution in [1.29, 1.82) is 0 Å². The average molecular weight is 311 g/mol. The van der Waals surface area contributed by atoms with Crippen molar-refractivity contribution in [3.63, 3.8) is 0 Å². The number of hydrogen-bond donors (Lipinski definition) is 0. The lowest BCUT2D eigenvalue weighted by atomic mass is 9.83. The number of piperidine rings is 1. The van der Waals surface area contributed by atoms with Crippen LogP contribution in [0.4, 0.5) is 0 Å². The zero-order valence-electron chi connectivity index (χ0n) is 13.6. The summed E-state index contributed by atoms with van der Waals surface area (Å²) in [4.78, 5) is 3.57. The number of benzene rings is 2. The Labute approximate surface area is 139 Å². The third-order valence-corrected chi connectivity index (χ3v) is 5.55. The van der Waals surface area contributed by atoms with Gasteiger partial charge in [-0.1, -0.05) is 68.5 Å². The van der Waals surface area contributed by atoms with E-state index in [-0.39, 0.29) is 5.41 Å². The third-order valence-electron chi connectivity index (χ3n) is 4.73. The second-order valence-electron chi connectivity index (χ2n) is 7.05. The first kappa shape index (κ1) is 15.5. The van der Waals surface area contributed by atoms with Crippen molar-refractivity contribution in [1.82, 2.24) is 4.90 Å². The van der Waals surface area contributed by atoms with Crippen LogP contribution in [0.1, 0.15) is 38.7 Å². The van der Waals surface area contributed by atoms with E-state index in [1.54, 1.807) is 0 Å². The smallest absolute Gasteiger partial charge is 0.0839 e. The van der Waals surface area contributed by atoms with Crippen molar-refractivity contribution in [3.05, 3.63) is 48.0 Å². The minimum Gasteiger partial charge on any atom is -0.366 e. The first-order chi connectivity index (χ1) is 10.6. The summed E-state index contributed by atoms with van der Waals surface area (Å²) in [5.41, 5.74) is 1.43. The lowest BCUT2D eigenvalue weighted by Crippen LogP contribution is -2.43. The molecule has 0 bridgehead atoms. The zero-order valence-corrected chi connectivity index (χ0v) is 14.5. The van der Waals surface area contributed by atoms with Gasteiger partial charge < -0.3 is 4.90 Å². The maximum absolute atomic E-state index is 5.86. The highest BCUT2D eigenvalue weighted by atomic mass is 32.1. The normalized spacial score (nSPS) is 16.0. The van der Waals surface area contributed by atoms with Gasteiger partial charge in [-0.3, -0.25) is 0 Å². The van der Waals surface area contributed by atoms with Crippen molar-refractivity contribution in [2.24, 2.45) is 5.41 Å². The Kier molecular flexibility index (Phi) is 4.49. The molecule has 2 aromatic carbocycles. The monoisotopic (exact) mass is 311 g/mol. The molecular weight excluding hydrogens is 286 g/mol. The largest absolute Gasteiger partial charge is 0.366 e. The van der Waals surface area contributed by atoms with Crippen molar-refractivity contribution in [2.45, 2.75) is 39.5 Å². The van der Waals surface area contributed by atoms with Crippen molar-refractivity contribution < 1.29 is 0 Å². The van der Waals surface area contributed by atoms with Crippen LogP contribution in [-0.2, 0) is 6.42 Å². The van der Waals surface area contributed by atoms with E-state index >= 15 is 0 Å². The van der Waals surface area contributed by atoms with E-state index in [2.05, 4.69) is 61.2 Å². The Morgan fingerprint density at radius 1 is 1.00 bits per heavy atom. The molecule has 0 N–H and O–H groups in total. The fourth-order valence-electron chi connectivity index (χ4n) is 3.52. The van der Waals surface area contributed by atoms with Crippen molar-refractivity contribution in [3.8, 4) is 0 Å². The SMILES string of the molecule is CC(C)(Cc1cccc2ccccc12)C(=S)N1CCCCC1. The molecule has 1 nitrogen and oxygen atoms in total. The number of rotatable bonds is 3. The number of thiocarbonyl (C=S) groups is 1.